The van der Waals surface area contributed by atoms with Crippen LogP contribution in [0.3, 0.4) is 0 Å². The first-order valence-corrected chi connectivity index (χ1v) is 8.55. The average Bonchev–Trinajstić information content (AvgIpc) is 2.68. The Kier molecular flexibility index (Phi) is 5.26. The number of methoxy groups -OCH3 is 2. The maximum absolute atomic E-state index is 13.0. The first-order valence-electron chi connectivity index (χ1n) is 8.55. The van der Waals surface area contributed by atoms with Crippen LogP contribution < -0.4 is 19.6 Å². The molecule has 1 N–H and O–H groups in total. The maximum Gasteiger partial charge on any atom is 0.344 e. The van der Waals surface area contributed by atoms with Gasteiger partial charge >= 0.3 is 5.97 Å². The minimum Gasteiger partial charge on any atom is -0.493 e. The standard InChI is InChI=1S/C21H20O7/c1-11-5-7-14-16(9-11)28-19(20(18(14)22)27-12(2)21(23)24)13-6-8-15(25-3)17(10-13)26-4/h5-10,12H,1-4H3,(H,23,24)/t12-/m1/s1. The molecule has 3 rings (SSSR count). The Bertz CT molecular complexity index is 1100. The largest absolute Gasteiger partial charge is 0.493 e. The zero-order valence-electron chi connectivity index (χ0n) is 15.9. The highest BCUT2D eigenvalue weighted by Gasteiger charge is 2.23. The molecule has 0 fully saturated rings. The van der Waals surface area contributed by atoms with E-state index in [0.29, 0.717) is 28.0 Å². The van der Waals surface area contributed by atoms with Crippen molar-refractivity contribution in [3.63, 3.8) is 0 Å². The van der Waals surface area contributed by atoms with Gasteiger partial charge in [0.2, 0.25) is 11.2 Å². The number of aryl methyl sites for hydroxylation is 1. The quantitative estimate of drug-likeness (QED) is 0.693. The van der Waals surface area contributed by atoms with Crippen molar-refractivity contribution in [3.8, 4) is 28.6 Å². The molecule has 1 heterocycles. The van der Waals surface area contributed by atoms with Gasteiger partial charge in [-0.25, -0.2) is 4.79 Å². The number of benzene rings is 2. The Morgan fingerprint density at radius 2 is 1.79 bits per heavy atom. The third-order valence-electron chi connectivity index (χ3n) is 4.29. The van der Waals surface area contributed by atoms with Crippen molar-refractivity contribution in [2.24, 2.45) is 0 Å². The Hall–Kier alpha value is -3.48. The molecular weight excluding hydrogens is 364 g/mol. The number of rotatable bonds is 6. The predicted molar refractivity (Wildman–Crippen MR) is 103 cm³/mol. The summed E-state index contributed by atoms with van der Waals surface area (Å²) in [6.07, 6.45) is -1.23. The maximum atomic E-state index is 13.0. The molecule has 7 heteroatoms. The van der Waals surface area contributed by atoms with E-state index in [-0.39, 0.29) is 11.5 Å². The first-order chi connectivity index (χ1) is 13.3. The summed E-state index contributed by atoms with van der Waals surface area (Å²) in [6, 6.07) is 10.1. The van der Waals surface area contributed by atoms with Crippen molar-refractivity contribution >= 4 is 16.9 Å². The Labute approximate surface area is 161 Å². The predicted octanol–water partition coefficient (Wildman–Crippen LogP) is 3.64. The highest BCUT2D eigenvalue weighted by molar-refractivity contribution is 5.83. The number of carbonyl (C=O) groups is 1. The summed E-state index contributed by atoms with van der Waals surface area (Å²) in [7, 11) is 3.00. The van der Waals surface area contributed by atoms with Crippen molar-refractivity contribution in [2.45, 2.75) is 20.0 Å². The highest BCUT2D eigenvalue weighted by Crippen LogP contribution is 2.37. The summed E-state index contributed by atoms with van der Waals surface area (Å²) in [4.78, 5) is 24.3. The average molecular weight is 384 g/mol. The molecule has 1 aromatic heterocycles. The molecule has 0 saturated heterocycles. The summed E-state index contributed by atoms with van der Waals surface area (Å²) < 4.78 is 22.0. The molecule has 0 unspecified atom stereocenters. The van der Waals surface area contributed by atoms with E-state index in [0.717, 1.165) is 5.56 Å². The van der Waals surface area contributed by atoms with Crippen LogP contribution >= 0.6 is 0 Å². The second-order valence-corrected chi connectivity index (χ2v) is 6.26. The minimum absolute atomic E-state index is 0.122. The molecular formula is C21H20O7. The summed E-state index contributed by atoms with van der Waals surface area (Å²) >= 11 is 0. The van der Waals surface area contributed by atoms with E-state index in [1.165, 1.54) is 21.1 Å². The number of carboxylic acids is 1. The van der Waals surface area contributed by atoms with Crippen LogP contribution in [0.1, 0.15) is 12.5 Å². The Balaban J connectivity index is 2.30. The number of hydrogen-bond acceptors (Lipinski definition) is 6. The van der Waals surface area contributed by atoms with E-state index in [2.05, 4.69) is 0 Å². The fraction of sp³-hybridized carbons (Fsp3) is 0.238. The molecule has 2 aromatic carbocycles. The SMILES string of the molecule is COc1ccc(-c2oc3cc(C)ccc3c(=O)c2O[C@H](C)C(=O)O)cc1OC. The van der Waals surface area contributed by atoms with Gasteiger partial charge in [-0.2, -0.15) is 0 Å². The lowest BCUT2D eigenvalue weighted by Crippen LogP contribution is -2.26. The molecule has 0 aliphatic rings. The number of ether oxygens (including phenoxy) is 3. The van der Waals surface area contributed by atoms with Gasteiger partial charge < -0.3 is 23.7 Å². The summed E-state index contributed by atoms with van der Waals surface area (Å²) in [5.74, 6) is -0.298. The number of carboxylic acid groups (broad SMARTS) is 1. The zero-order valence-corrected chi connectivity index (χ0v) is 15.9. The molecule has 7 nitrogen and oxygen atoms in total. The third kappa shape index (κ3) is 3.51. The fourth-order valence-corrected chi connectivity index (χ4v) is 2.79. The van der Waals surface area contributed by atoms with Gasteiger partial charge in [-0.05, 0) is 49.7 Å². The second-order valence-electron chi connectivity index (χ2n) is 6.26. The molecule has 0 aliphatic carbocycles. The van der Waals surface area contributed by atoms with E-state index in [9.17, 15) is 14.7 Å². The zero-order chi connectivity index (χ0) is 20.4. The summed E-state index contributed by atoms with van der Waals surface area (Å²) in [5, 5.41) is 9.51. The van der Waals surface area contributed by atoms with Gasteiger partial charge in [-0.3, -0.25) is 4.79 Å². The summed E-state index contributed by atoms with van der Waals surface area (Å²) in [6.45, 7) is 3.23. The lowest BCUT2D eigenvalue weighted by Gasteiger charge is -2.15. The molecule has 0 bridgehead atoms. The topological polar surface area (TPSA) is 95.2 Å². The Morgan fingerprint density at radius 3 is 2.43 bits per heavy atom. The molecule has 0 saturated carbocycles. The van der Waals surface area contributed by atoms with Crippen LogP contribution in [-0.2, 0) is 4.79 Å². The lowest BCUT2D eigenvalue weighted by molar-refractivity contribution is -0.144. The highest BCUT2D eigenvalue weighted by atomic mass is 16.5. The first kappa shape index (κ1) is 19.3. The van der Waals surface area contributed by atoms with Gasteiger partial charge in [-0.15, -0.1) is 0 Å². The van der Waals surface area contributed by atoms with Crippen LogP contribution in [0.25, 0.3) is 22.3 Å². The van der Waals surface area contributed by atoms with Crippen LogP contribution in [0.2, 0.25) is 0 Å². The lowest BCUT2D eigenvalue weighted by atomic mass is 10.1. The van der Waals surface area contributed by atoms with E-state index >= 15 is 0 Å². The monoisotopic (exact) mass is 384 g/mol. The van der Waals surface area contributed by atoms with E-state index in [1.807, 2.05) is 6.92 Å². The van der Waals surface area contributed by atoms with Crippen LogP contribution in [0.4, 0.5) is 0 Å². The number of aliphatic carboxylic acids is 1. The van der Waals surface area contributed by atoms with Crippen molar-refractivity contribution in [3.05, 3.63) is 52.2 Å². The number of fused-ring (bicyclic) bond motifs is 1. The van der Waals surface area contributed by atoms with E-state index in [4.69, 9.17) is 18.6 Å². The van der Waals surface area contributed by atoms with Crippen molar-refractivity contribution in [2.75, 3.05) is 14.2 Å². The van der Waals surface area contributed by atoms with Gasteiger partial charge in [0.15, 0.2) is 23.4 Å². The molecule has 0 amide bonds. The van der Waals surface area contributed by atoms with Crippen molar-refractivity contribution in [1.29, 1.82) is 0 Å². The number of hydrogen-bond donors (Lipinski definition) is 1. The van der Waals surface area contributed by atoms with Gasteiger partial charge in [0.05, 0.1) is 19.6 Å². The Morgan fingerprint density at radius 1 is 1.07 bits per heavy atom. The molecule has 0 spiro atoms. The van der Waals surface area contributed by atoms with E-state index in [1.54, 1.807) is 36.4 Å². The van der Waals surface area contributed by atoms with Gasteiger partial charge in [0.1, 0.15) is 5.58 Å². The van der Waals surface area contributed by atoms with Crippen molar-refractivity contribution < 1.29 is 28.5 Å². The minimum atomic E-state index is -1.23. The molecule has 1 atom stereocenters. The van der Waals surface area contributed by atoms with Gasteiger partial charge in [-0.1, -0.05) is 6.07 Å². The smallest absolute Gasteiger partial charge is 0.344 e. The van der Waals surface area contributed by atoms with E-state index < -0.39 is 17.5 Å². The second kappa shape index (κ2) is 7.64. The van der Waals surface area contributed by atoms with Crippen molar-refractivity contribution in [1.82, 2.24) is 0 Å². The van der Waals surface area contributed by atoms with Crippen LogP contribution in [0.5, 0.6) is 17.2 Å². The molecule has 146 valence electrons. The molecule has 0 radical (unpaired) electrons. The summed E-state index contributed by atoms with van der Waals surface area (Å²) in [5.41, 5.74) is 1.34. The van der Waals surface area contributed by atoms with Gasteiger partial charge in [0, 0.05) is 5.56 Å². The van der Waals surface area contributed by atoms with Gasteiger partial charge in [0.25, 0.3) is 0 Å². The molecule has 0 aliphatic heterocycles. The normalized spacial score (nSPS) is 11.9. The van der Waals surface area contributed by atoms with Crippen LogP contribution in [0.15, 0.2) is 45.6 Å². The fourth-order valence-electron chi connectivity index (χ4n) is 2.79. The third-order valence-corrected chi connectivity index (χ3v) is 4.29. The van der Waals surface area contributed by atoms with Crippen LogP contribution in [0, 0.1) is 6.92 Å². The van der Waals surface area contributed by atoms with Crippen LogP contribution in [-0.4, -0.2) is 31.4 Å². The molecule has 28 heavy (non-hydrogen) atoms. The molecule has 3 aromatic rings.